The van der Waals surface area contributed by atoms with Crippen LogP contribution in [-0.2, 0) is 15.6 Å². The highest BCUT2D eigenvalue weighted by Gasteiger charge is 2.48. The van der Waals surface area contributed by atoms with Crippen molar-refractivity contribution >= 4 is 21.6 Å². The Morgan fingerprint density at radius 2 is 2.12 bits per heavy atom. The third-order valence-corrected chi connectivity index (χ3v) is 5.61. The van der Waals surface area contributed by atoms with E-state index in [0.29, 0.717) is 25.0 Å². The number of ether oxygens (including phenoxy) is 1. The summed E-state index contributed by atoms with van der Waals surface area (Å²) < 4.78 is 46.9. The predicted molar refractivity (Wildman–Crippen MR) is 88.0 cm³/mol. The van der Waals surface area contributed by atoms with E-state index in [1.165, 1.54) is 18.3 Å². The fraction of sp³-hybridized carbons (Fsp3) is 0.312. The van der Waals surface area contributed by atoms with Gasteiger partial charge in [-0.2, -0.15) is 4.72 Å². The molecule has 0 radical (unpaired) electrons. The van der Waals surface area contributed by atoms with Crippen LogP contribution in [0.3, 0.4) is 0 Å². The van der Waals surface area contributed by atoms with E-state index in [1.807, 2.05) is 0 Å². The van der Waals surface area contributed by atoms with Gasteiger partial charge in [0.15, 0.2) is 5.75 Å². The highest BCUT2D eigenvalue weighted by molar-refractivity contribution is 7.89. The lowest BCUT2D eigenvalue weighted by Crippen LogP contribution is -2.35. The smallest absolute Gasteiger partial charge is 0.262 e. The van der Waals surface area contributed by atoms with E-state index >= 15 is 0 Å². The molecule has 1 aromatic heterocycles. The molecule has 0 bridgehead atoms. The molecule has 1 aliphatic carbocycles. The summed E-state index contributed by atoms with van der Waals surface area (Å²) in [5.74, 6) is -0.345. The second-order valence-corrected chi connectivity index (χ2v) is 7.56. The van der Waals surface area contributed by atoms with E-state index in [0.717, 1.165) is 0 Å². The molecular formula is C16H16ClFN2O3S. The summed E-state index contributed by atoms with van der Waals surface area (Å²) in [5.41, 5.74) is -0.150. The predicted octanol–water partition coefficient (Wildman–Crippen LogP) is 3.24. The van der Waals surface area contributed by atoms with Gasteiger partial charge in [-0.15, -0.1) is 0 Å². The first-order valence-electron chi connectivity index (χ1n) is 7.45. The molecule has 8 heteroatoms. The Morgan fingerprint density at radius 3 is 2.75 bits per heavy atom. The quantitative estimate of drug-likeness (QED) is 0.847. The van der Waals surface area contributed by atoms with Gasteiger partial charge in [0.25, 0.3) is 10.0 Å². The summed E-state index contributed by atoms with van der Waals surface area (Å²) in [6.45, 7) is 2.09. The molecule has 0 unspecified atom stereocenters. The number of hydrogen-bond acceptors (Lipinski definition) is 4. The van der Waals surface area contributed by atoms with Gasteiger partial charge in [-0.1, -0.05) is 17.7 Å². The van der Waals surface area contributed by atoms with E-state index in [-0.39, 0.29) is 15.8 Å². The molecule has 1 heterocycles. The molecule has 1 fully saturated rings. The maximum absolute atomic E-state index is 13.4. The summed E-state index contributed by atoms with van der Waals surface area (Å²) in [5, 5.41) is -0.197. The molecule has 1 aromatic carbocycles. The van der Waals surface area contributed by atoms with E-state index in [1.54, 1.807) is 25.1 Å². The number of hydrogen-bond donors (Lipinski definition) is 1. The average Bonchev–Trinajstić information content (AvgIpc) is 3.31. The zero-order valence-electron chi connectivity index (χ0n) is 12.9. The van der Waals surface area contributed by atoms with Gasteiger partial charge < -0.3 is 4.74 Å². The van der Waals surface area contributed by atoms with Crippen molar-refractivity contribution in [3.05, 3.63) is 52.9 Å². The van der Waals surface area contributed by atoms with Crippen LogP contribution in [-0.4, -0.2) is 20.0 Å². The molecule has 1 saturated carbocycles. The summed E-state index contributed by atoms with van der Waals surface area (Å²) >= 11 is 5.82. The third kappa shape index (κ3) is 3.24. The van der Waals surface area contributed by atoms with E-state index in [4.69, 9.17) is 16.3 Å². The number of aromatic nitrogens is 1. The maximum atomic E-state index is 13.4. The summed E-state index contributed by atoms with van der Waals surface area (Å²) in [6.07, 6.45) is 2.60. The fourth-order valence-corrected chi connectivity index (χ4v) is 4.22. The van der Waals surface area contributed by atoms with Crippen molar-refractivity contribution in [1.82, 2.24) is 9.71 Å². The number of rotatable bonds is 6. The molecule has 2 aromatic rings. The normalized spacial score (nSPS) is 16.0. The fourth-order valence-electron chi connectivity index (χ4n) is 2.52. The number of nitrogens with zero attached hydrogens (tertiary/aromatic N) is 1. The van der Waals surface area contributed by atoms with Gasteiger partial charge in [0, 0.05) is 6.20 Å². The van der Waals surface area contributed by atoms with Gasteiger partial charge in [-0.3, -0.25) is 0 Å². The Hall–Kier alpha value is -1.70. The van der Waals surface area contributed by atoms with Crippen molar-refractivity contribution in [2.24, 2.45) is 0 Å². The summed E-state index contributed by atoms with van der Waals surface area (Å²) in [6, 6.07) is 7.39. The van der Waals surface area contributed by atoms with Crippen molar-refractivity contribution in [3.63, 3.8) is 0 Å². The van der Waals surface area contributed by atoms with Crippen LogP contribution in [0, 0.1) is 5.82 Å². The van der Waals surface area contributed by atoms with Gasteiger partial charge in [0.2, 0.25) is 5.03 Å². The third-order valence-electron chi connectivity index (χ3n) is 3.84. The molecule has 1 aliphatic rings. The zero-order valence-corrected chi connectivity index (χ0v) is 14.5. The molecule has 0 amide bonds. The number of nitrogens with one attached hydrogen (secondary N) is 1. The Balaban J connectivity index is 1.93. The van der Waals surface area contributed by atoms with E-state index < -0.39 is 21.4 Å². The molecule has 128 valence electrons. The number of halogens is 2. The molecule has 0 spiro atoms. The van der Waals surface area contributed by atoms with Crippen LogP contribution < -0.4 is 9.46 Å². The highest BCUT2D eigenvalue weighted by atomic mass is 35.5. The minimum absolute atomic E-state index is 0.0363. The lowest BCUT2D eigenvalue weighted by Gasteiger charge is -2.19. The van der Waals surface area contributed by atoms with Crippen LogP contribution in [0.15, 0.2) is 41.6 Å². The number of benzene rings is 1. The molecule has 1 N–H and O–H groups in total. The Labute approximate surface area is 144 Å². The number of pyridine rings is 1. The summed E-state index contributed by atoms with van der Waals surface area (Å²) in [4.78, 5) is 3.94. The lowest BCUT2D eigenvalue weighted by molar-refractivity contribution is 0.327. The topological polar surface area (TPSA) is 68.3 Å². The van der Waals surface area contributed by atoms with E-state index in [9.17, 15) is 12.8 Å². The molecule has 0 saturated heterocycles. The molecule has 0 atom stereocenters. The van der Waals surface area contributed by atoms with Crippen LogP contribution in [0.2, 0.25) is 5.02 Å². The van der Waals surface area contributed by atoms with Crippen LogP contribution in [0.25, 0.3) is 0 Å². The molecule has 5 nitrogen and oxygen atoms in total. The monoisotopic (exact) mass is 370 g/mol. The van der Waals surface area contributed by atoms with Crippen molar-refractivity contribution in [2.45, 2.75) is 30.3 Å². The van der Waals surface area contributed by atoms with Crippen molar-refractivity contribution in [2.75, 3.05) is 6.61 Å². The van der Waals surface area contributed by atoms with Crippen molar-refractivity contribution in [3.8, 4) is 5.75 Å². The maximum Gasteiger partial charge on any atom is 0.262 e. The van der Waals surface area contributed by atoms with Gasteiger partial charge >= 0.3 is 0 Å². The zero-order chi connectivity index (χ0) is 17.4. The van der Waals surface area contributed by atoms with Gasteiger partial charge in [-0.25, -0.2) is 17.8 Å². The lowest BCUT2D eigenvalue weighted by atomic mass is 10.1. The van der Waals surface area contributed by atoms with Crippen LogP contribution in [0.4, 0.5) is 4.39 Å². The Kier molecular flexibility index (Phi) is 4.50. The van der Waals surface area contributed by atoms with Crippen molar-refractivity contribution < 1.29 is 17.5 Å². The molecular weight excluding hydrogens is 355 g/mol. The molecule has 24 heavy (non-hydrogen) atoms. The largest absolute Gasteiger partial charge is 0.491 e. The second kappa shape index (κ2) is 6.31. The molecule has 0 aliphatic heterocycles. The van der Waals surface area contributed by atoms with Crippen LogP contribution >= 0.6 is 11.6 Å². The highest BCUT2D eigenvalue weighted by Crippen LogP contribution is 2.47. The van der Waals surface area contributed by atoms with Crippen LogP contribution in [0.1, 0.15) is 25.3 Å². The Bertz CT molecular complexity index is 869. The molecule has 3 rings (SSSR count). The first-order chi connectivity index (χ1) is 11.4. The van der Waals surface area contributed by atoms with Gasteiger partial charge in [0.05, 0.1) is 17.2 Å². The number of sulfonamides is 1. The van der Waals surface area contributed by atoms with Gasteiger partial charge in [0.1, 0.15) is 5.82 Å². The first kappa shape index (κ1) is 17.1. The minimum atomic E-state index is -3.90. The average molecular weight is 371 g/mol. The minimum Gasteiger partial charge on any atom is -0.491 e. The second-order valence-electron chi connectivity index (χ2n) is 5.56. The standard InChI is InChI=1S/C16H16ClFN2O3S/c1-2-23-14-4-3-9-19-15(14)24(21,22)20-16(7-8-16)11-5-6-13(18)12(17)10-11/h3-6,9-10,20H,2,7-8H2,1H3. The first-order valence-corrected chi connectivity index (χ1v) is 9.31. The summed E-state index contributed by atoms with van der Waals surface area (Å²) in [7, 11) is -3.90. The van der Waals surface area contributed by atoms with Crippen LogP contribution in [0.5, 0.6) is 5.75 Å². The van der Waals surface area contributed by atoms with E-state index in [2.05, 4.69) is 9.71 Å². The van der Waals surface area contributed by atoms with Gasteiger partial charge in [-0.05, 0) is 49.6 Å². The Morgan fingerprint density at radius 1 is 1.38 bits per heavy atom. The SMILES string of the molecule is CCOc1cccnc1S(=O)(=O)NC1(c2ccc(F)c(Cl)c2)CC1. The van der Waals surface area contributed by atoms with Crippen molar-refractivity contribution in [1.29, 1.82) is 0 Å².